The van der Waals surface area contributed by atoms with Gasteiger partial charge in [0.2, 0.25) is 0 Å². The molecule has 1 atom stereocenters. The fraction of sp³-hybridized carbons (Fsp3) is 0.941. The molecule has 2 fully saturated rings. The van der Waals surface area contributed by atoms with Crippen molar-refractivity contribution >= 4 is 29.9 Å². The van der Waals surface area contributed by atoms with E-state index in [1.807, 2.05) is 7.05 Å². The number of likely N-dealkylation sites (tertiary alicyclic amines) is 1. The van der Waals surface area contributed by atoms with Gasteiger partial charge in [-0.2, -0.15) is 0 Å². The molecule has 2 aliphatic rings. The summed E-state index contributed by atoms with van der Waals surface area (Å²) in [6.45, 7) is 18.3. The first-order chi connectivity index (χ1) is 10.2. The smallest absolute Gasteiger partial charge is 0.194 e. The van der Waals surface area contributed by atoms with Crippen molar-refractivity contribution in [2.24, 2.45) is 10.4 Å². The molecule has 6 heteroatoms. The second-order valence-corrected chi connectivity index (χ2v) is 8.15. The Balaban J connectivity index is 0.00000264. The topological polar surface area (TPSA) is 34.1 Å². The number of aliphatic imine (C=N–C) groups is 1. The van der Waals surface area contributed by atoms with Crippen LogP contribution in [-0.4, -0.2) is 85.6 Å². The van der Waals surface area contributed by atoms with Gasteiger partial charge in [0, 0.05) is 63.3 Å². The van der Waals surface area contributed by atoms with E-state index in [-0.39, 0.29) is 29.5 Å². The van der Waals surface area contributed by atoms with Crippen molar-refractivity contribution in [3.05, 3.63) is 0 Å². The lowest BCUT2D eigenvalue weighted by Gasteiger charge is -2.62. The summed E-state index contributed by atoms with van der Waals surface area (Å²) in [7, 11) is 4.10. The molecule has 5 nitrogen and oxygen atoms in total. The lowest BCUT2D eigenvalue weighted by molar-refractivity contribution is -0.0669. The summed E-state index contributed by atoms with van der Waals surface area (Å²) in [6.07, 6.45) is 0. The highest BCUT2D eigenvalue weighted by Crippen LogP contribution is 2.46. The largest absolute Gasteiger partial charge is 0.355 e. The van der Waals surface area contributed by atoms with E-state index in [0.29, 0.717) is 11.5 Å². The van der Waals surface area contributed by atoms with Crippen molar-refractivity contribution in [2.45, 2.75) is 46.2 Å². The van der Waals surface area contributed by atoms with Crippen LogP contribution in [0.4, 0.5) is 0 Å². The van der Waals surface area contributed by atoms with E-state index in [2.05, 4.69) is 66.7 Å². The highest BCUT2D eigenvalue weighted by atomic mass is 127. The minimum absolute atomic E-state index is 0. The first-order valence-corrected chi connectivity index (χ1v) is 8.60. The lowest BCUT2D eigenvalue weighted by atomic mass is 9.65. The maximum atomic E-state index is 4.51. The van der Waals surface area contributed by atoms with Gasteiger partial charge < -0.3 is 15.1 Å². The number of piperazine rings is 1. The van der Waals surface area contributed by atoms with Crippen LogP contribution in [0.1, 0.15) is 34.6 Å². The molecule has 0 saturated carbocycles. The van der Waals surface area contributed by atoms with Crippen LogP contribution in [0.2, 0.25) is 0 Å². The molecule has 0 aromatic rings. The summed E-state index contributed by atoms with van der Waals surface area (Å²) >= 11 is 0. The van der Waals surface area contributed by atoms with Gasteiger partial charge in [-0.25, -0.2) is 0 Å². The Morgan fingerprint density at radius 3 is 2.13 bits per heavy atom. The van der Waals surface area contributed by atoms with E-state index in [1.54, 1.807) is 0 Å². The van der Waals surface area contributed by atoms with E-state index >= 15 is 0 Å². The molecule has 1 unspecified atom stereocenters. The van der Waals surface area contributed by atoms with E-state index in [0.717, 1.165) is 19.0 Å². The fourth-order valence-corrected chi connectivity index (χ4v) is 3.33. The molecule has 136 valence electrons. The van der Waals surface area contributed by atoms with E-state index in [1.165, 1.54) is 26.2 Å². The van der Waals surface area contributed by atoms with Crippen molar-refractivity contribution in [1.82, 2.24) is 20.0 Å². The zero-order valence-corrected chi connectivity index (χ0v) is 18.3. The van der Waals surface area contributed by atoms with Crippen LogP contribution in [0, 0.1) is 5.41 Å². The standard InChI is InChI=1S/C17H35N5.HI/c1-14(21-10-8-20(7)9-11-21)12-19-15(18-6)22-13-16(2,3)17(22,4)5;/h14H,8-13H2,1-7H3,(H,18,19);1H. The quantitative estimate of drug-likeness (QED) is 0.416. The van der Waals surface area contributed by atoms with Crippen molar-refractivity contribution in [3.63, 3.8) is 0 Å². The van der Waals surface area contributed by atoms with Crippen LogP contribution in [-0.2, 0) is 0 Å². The molecule has 2 saturated heterocycles. The van der Waals surface area contributed by atoms with Gasteiger partial charge in [-0.15, -0.1) is 24.0 Å². The zero-order chi connectivity index (χ0) is 16.5. The Labute approximate surface area is 159 Å². The van der Waals surface area contributed by atoms with Crippen LogP contribution >= 0.6 is 24.0 Å². The van der Waals surface area contributed by atoms with Crippen molar-refractivity contribution in [2.75, 3.05) is 53.4 Å². The van der Waals surface area contributed by atoms with E-state index in [4.69, 9.17) is 0 Å². The van der Waals surface area contributed by atoms with Crippen LogP contribution in [0.5, 0.6) is 0 Å². The third kappa shape index (κ3) is 4.31. The number of nitrogens with zero attached hydrogens (tertiary/aromatic N) is 4. The summed E-state index contributed by atoms with van der Waals surface area (Å²) in [5.41, 5.74) is 0.500. The molecule has 2 heterocycles. The lowest BCUT2D eigenvalue weighted by Crippen LogP contribution is -2.72. The molecule has 23 heavy (non-hydrogen) atoms. The summed E-state index contributed by atoms with van der Waals surface area (Å²) in [5, 5.41) is 3.59. The molecule has 1 N–H and O–H groups in total. The second kappa shape index (κ2) is 7.87. The van der Waals surface area contributed by atoms with Crippen molar-refractivity contribution in [3.8, 4) is 0 Å². The number of nitrogens with one attached hydrogen (secondary N) is 1. The highest BCUT2D eigenvalue weighted by molar-refractivity contribution is 14.0. The van der Waals surface area contributed by atoms with Gasteiger partial charge >= 0.3 is 0 Å². The van der Waals surface area contributed by atoms with E-state index in [9.17, 15) is 0 Å². The molecule has 0 bridgehead atoms. The predicted octanol–water partition coefficient (Wildman–Crippen LogP) is 1.94. The Morgan fingerprint density at radius 1 is 1.13 bits per heavy atom. The molecule has 0 amide bonds. The number of likely N-dealkylation sites (N-methyl/N-ethyl adjacent to an activating group) is 1. The fourth-order valence-electron chi connectivity index (χ4n) is 3.33. The number of hydrogen-bond acceptors (Lipinski definition) is 3. The van der Waals surface area contributed by atoms with E-state index < -0.39 is 0 Å². The second-order valence-electron chi connectivity index (χ2n) is 8.15. The normalized spacial score (nSPS) is 26.2. The molecule has 2 rings (SSSR count). The molecule has 2 aliphatic heterocycles. The van der Waals surface area contributed by atoms with Crippen LogP contribution in [0.15, 0.2) is 4.99 Å². The molecule has 0 aliphatic carbocycles. The van der Waals surface area contributed by atoms with Crippen molar-refractivity contribution < 1.29 is 0 Å². The number of rotatable bonds is 3. The Hall–Kier alpha value is -0.0800. The summed E-state index contributed by atoms with van der Waals surface area (Å²) in [4.78, 5) is 11.9. The van der Waals surface area contributed by atoms with Crippen LogP contribution in [0.3, 0.4) is 0 Å². The molecule has 0 spiro atoms. The maximum absolute atomic E-state index is 4.51. The van der Waals surface area contributed by atoms with Gasteiger partial charge in [-0.05, 0) is 27.8 Å². The maximum Gasteiger partial charge on any atom is 0.194 e. The SMILES string of the molecule is CN=C(NCC(C)N1CCN(C)CC1)N1CC(C)(C)C1(C)C.I. The summed E-state index contributed by atoms with van der Waals surface area (Å²) in [5.74, 6) is 1.05. The zero-order valence-electron chi connectivity index (χ0n) is 16.0. The number of halogens is 1. The van der Waals surface area contributed by atoms with Gasteiger partial charge in [0.1, 0.15) is 0 Å². The van der Waals surface area contributed by atoms with Gasteiger partial charge in [-0.1, -0.05) is 13.8 Å². The predicted molar refractivity (Wildman–Crippen MR) is 110 cm³/mol. The van der Waals surface area contributed by atoms with Gasteiger partial charge in [0.25, 0.3) is 0 Å². The third-order valence-corrected chi connectivity index (χ3v) is 6.07. The van der Waals surface area contributed by atoms with Gasteiger partial charge in [-0.3, -0.25) is 9.89 Å². The Bertz CT molecular complexity index is 413. The summed E-state index contributed by atoms with van der Waals surface area (Å²) < 4.78 is 0. The average molecular weight is 437 g/mol. The third-order valence-electron chi connectivity index (χ3n) is 6.07. The molecular weight excluding hydrogens is 401 g/mol. The van der Waals surface area contributed by atoms with Crippen molar-refractivity contribution in [1.29, 1.82) is 0 Å². The molecule has 0 aromatic heterocycles. The van der Waals surface area contributed by atoms with Crippen LogP contribution in [0.25, 0.3) is 0 Å². The van der Waals surface area contributed by atoms with Gasteiger partial charge in [0.05, 0.1) is 0 Å². The Kier molecular flexibility index (Phi) is 7.17. The number of guanidine groups is 1. The minimum Gasteiger partial charge on any atom is -0.355 e. The minimum atomic E-state index is 0. The van der Waals surface area contributed by atoms with Crippen LogP contribution < -0.4 is 5.32 Å². The van der Waals surface area contributed by atoms with Gasteiger partial charge in [0.15, 0.2) is 5.96 Å². The molecule has 0 radical (unpaired) electrons. The highest BCUT2D eigenvalue weighted by Gasteiger charge is 2.53. The first kappa shape index (κ1) is 21.0. The number of hydrogen-bond donors (Lipinski definition) is 1. The molecular formula is C17H36IN5. The monoisotopic (exact) mass is 437 g/mol. The average Bonchev–Trinajstić information content (AvgIpc) is 2.47. The first-order valence-electron chi connectivity index (χ1n) is 8.60. The summed E-state index contributed by atoms with van der Waals surface area (Å²) in [6, 6.07) is 0.544. The Morgan fingerprint density at radius 2 is 1.70 bits per heavy atom. The molecule has 0 aromatic carbocycles.